The lowest BCUT2D eigenvalue weighted by Crippen LogP contribution is -2.36. The van der Waals surface area contributed by atoms with Gasteiger partial charge in [-0.1, -0.05) is 6.58 Å². The number of allylic oxidation sites excluding steroid dienone is 1. The average molecular weight is 338 g/mol. The molecule has 24 heavy (non-hydrogen) atoms. The van der Waals surface area contributed by atoms with Gasteiger partial charge in [-0.05, 0) is 44.7 Å². The molecule has 2 aliphatic rings. The largest absolute Gasteiger partial charge is 0.516 e. The summed E-state index contributed by atoms with van der Waals surface area (Å²) in [5.74, 6) is 0.448. The van der Waals surface area contributed by atoms with Crippen LogP contribution in [-0.4, -0.2) is 51.8 Å². The Balaban J connectivity index is 1.77. The van der Waals surface area contributed by atoms with Crippen LogP contribution < -0.4 is 0 Å². The van der Waals surface area contributed by atoms with Crippen LogP contribution in [0.15, 0.2) is 24.7 Å². The summed E-state index contributed by atoms with van der Waals surface area (Å²) >= 11 is 0. The van der Waals surface area contributed by atoms with Gasteiger partial charge >= 0.3 is 0 Å². The smallest absolute Gasteiger partial charge is 0.263 e. The molecule has 1 aliphatic carbocycles. The number of carbonyl (C=O) groups excluding carboxylic acids is 2. The molecule has 0 aromatic rings. The second-order valence-electron chi connectivity index (χ2n) is 6.55. The van der Waals surface area contributed by atoms with Crippen LogP contribution >= 0.6 is 0 Å². The average Bonchev–Trinajstić information content (AvgIpc) is 2.87. The Hall–Kier alpha value is -1.86. The van der Waals surface area contributed by atoms with E-state index < -0.39 is 6.23 Å². The molecule has 134 valence electrons. The van der Waals surface area contributed by atoms with Crippen molar-refractivity contribution in [2.45, 2.75) is 44.8 Å². The minimum Gasteiger partial charge on any atom is -0.516 e. The van der Waals surface area contributed by atoms with Gasteiger partial charge in [0.1, 0.15) is 12.0 Å². The molecule has 7 heteroatoms. The van der Waals surface area contributed by atoms with Crippen LogP contribution in [0.5, 0.6) is 0 Å². The SMILES string of the molecule is C=C(ON1C(=O)CCC1=O)C1CCC(CN(C)C(O)/C=C\O)CC1. The van der Waals surface area contributed by atoms with E-state index in [-0.39, 0.29) is 30.6 Å². The van der Waals surface area contributed by atoms with Crippen LogP contribution in [0.2, 0.25) is 0 Å². The molecule has 0 aromatic carbocycles. The van der Waals surface area contributed by atoms with Crippen molar-refractivity contribution in [1.29, 1.82) is 0 Å². The number of hydrogen-bond acceptors (Lipinski definition) is 6. The molecule has 1 unspecified atom stereocenters. The highest BCUT2D eigenvalue weighted by molar-refractivity contribution is 6.00. The summed E-state index contributed by atoms with van der Waals surface area (Å²) in [4.78, 5) is 30.4. The lowest BCUT2D eigenvalue weighted by molar-refractivity contribution is -0.179. The predicted molar refractivity (Wildman–Crippen MR) is 87.2 cm³/mol. The quantitative estimate of drug-likeness (QED) is 0.417. The van der Waals surface area contributed by atoms with E-state index in [2.05, 4.69) is 6.58 Å². The molecule has 2 rings (SSSR count). The van der Waals surface area contributed by atoms with Crippen LogP contribution in [0, 0.1) is 11.8 Å². The topological polar surface area (TPSA) is 90.3 Å². The summed E-state index contributed by atoms with van der Waals surface area (Å²) in [5, 5.41) is 19.3. The molecule has 1 heterocycles. The fourth-order valence-corrected chi connectivity index (χ4v) is 3.26. The van der Waals surface area contributed by atoms with Gasteiger partial charge in [-0.25, -0.2) is 0 Å². The monoisotopic (exact) mass is 338 g/mol. The van der Waals surface area contributed by atoms with E-state index in [1.807, 2.05) is 7.05 Å². The van der Waals surface area contributed by atoms with Crippen molar-refractivity contribution in [1.82, 2.24) is 9.96 Å². The minimum absolute atomic E-state index is 0.134. The number of aliphatic hydroxyl groups excluding tert-OH is 2. The predicted octanol–water partition coefficient (Wildman–Crippen LogP) is 1.71. The van der Waals surface area contributed by atoms with Crippen LogP contribution in [0.25, 0.3) is 0 Å². The van der Waals surface area contributed by atoms with E-state index in [1.165, 1.54) is 6.08 Å². The minimum atomic E-state index is -0.793. The third kappa shape index (κ3) is 4.58. The van der Waals surface area contributed by atoms with Gasteiger partial charge in [0.05, 0.1) is 6.26 Å². The number of hydrogen-bond donors (Lipinski definition) is 2. The molecular weight excluding hydrogens is 312 g/mol. The lowest BCUT2D eigenvalue weighted by atomic mass is 9.81. The van der Waals surface area contributed by atoms with E-state index >= 15 is 0 Å². The van der Waals surface area contributed by atoms with Gasteiger partial charge in [-0.2, -0.15) is 0 Å². The molecule has 2 fully saturated rings. The number of rotatable bonds is 7. The Morgan fingerprint density at radius 1 is 1.33 bits per heavy atom. The van der Waals surface area contributed by atoms with E-state index in [1.54, 1.807) is 4.90 Å². The third-order valence-corrected chi connectivity index (χ3v) is 4.77. The first-order valence-corrected chi connectivity index (χ1v) is 8.34. The molecule has 2 N–H and O–H groups in total. The van der Waals surface area contributed by atoms with Gasteiger partial charge in [0.25, 0.3) is 11.8 Å². The molecule has 1 aliphatic heterocycles. The molecule has 0 aromatic heterocycles. The maximum atomic E-state index is 11.6. The number of imide groups is 1. The summed E-state index contributed by atoms with van der Waals surface area (Å²) in [6.45, 7) is 4.62. The molecule has 0 bridgehead atoms. The van der Waals surface area contributed by atoms with E-state index in [9.17, 15) is 14.7 Å². The molecular formula is C17H26N2O5. The van der Waals surface area contributed by atoms with Gasteiger partial charge in [0, 0.05) is 25.3 Å². The first-order chi connectivity index (χ1) is 11.4. The lowest BCUT2D eigenvalue weighted by Gasteiger charge is -2.33. The Bertz CT molecular complexity index is 495. The van der Waals surface area contributed by atoms with Gasteiger partial charge in [0.2, 0.25) is 0 Å². The molecule has 1 atom stereocenters. The van der Waals surface area contributed by atoms with Crippen LogP contribution in [0.4, 0.5) is 0 Å². The summed E-state index contributed by atoms with van der Waals surface area (Å²) < 4.78 is 0. The molecule has 7 nitrogen and oxygen atoms in total. The van der Waals surface area contributed by atoms with Crippen molar-refractivity contribution < 1.29 is 24.6 Å². The van der Waals surface area contributed by atoms with Crippen LogP contribution in [0.3, 0.4) is 0 Å². The fraction of sp³-hybridized carbons (Fsp3) is 0.647. The highest BCUT2D eigenvalue weighted by Gasteiger charge is 2.34. The van der Waals surface area contributed by atoms with Gasteiger partial charge in [0.15, 0.2) is 0 Å². The second-order valence-corrected chi connectivity index (χ2v) is 6.55. The zero-order valence-electron chi connectivity index (χ0n) is 14.1. The van der Waals surface area contributed by atoms with Crippen molar-refractivity contribution in [2.24, 2.45) is 11.8 Å². The van der Waals surface area contributed by atoms with Crippen LogP contribution in [-0.2, 0) is 14.4 Å². The fourth-order valence-electron chi connectivity index (χ4n) is 3.26. The Morgan fingerprint density at radius 3 is 2.46 bits per heavy atom. The zero-order chi connectivity index (χ0) is 17.7. The van der Waals surface area contributed by atoms with Crippen molar-refractivity contribution >= 4 is 11.8 Å². The van der Waals surface area contributed by atoms with E-state index in [0.717, 1.165) is 43.6 Å². The number of amides is 2. The number of hydroxylamine groups is 2. The zero-order valence-corrected chi connectivity index (χ0v) is 14.1. The normalized spacial score (nSPS) is 26.4. The Kier molecular flexibility index (Phi) is 6.39. The van der Waals surface area contributed by atoms with Gasteiger partial charge < -0.3 is 15.1 Å². The molecule has 1 saturated carbocycles. The standard InChI is InChI=1S/C17H26N2O5/c1-12(24-19-16(22)7-8-17(19)23)14-5-3-13(4-6-14)11-18(2)15(21)9-10-20/h9-10,13-15,20-21H,1,3-8,11H2,2H3/b10-9-. The number of nitrogens with zero attached hydrogens (tertiary/aromatic N) is 2. The van der Waals surface area contributed by atoms with Crippen molar-refractivity contribution in [3.05, 3.63) is 24.7 Å². The van der Waals surface area contributed by atoms with Gasteiger partial charge in [-0.15, -0.1) is 5.06 Å². The Labute approximate surface area is 142 Å². The Morgan fingerprint density at radius 2 is 1.92 bits per heavy atom. The van der Waals surface area contributed by atoms with Crippen molar-refractivity contribution in [3.8, 4) is 0 Å². The highest BCUT2D eigenvalue weighted by atomic mass is 16.7. The summed E-state index contributed by atoms with van der Waals surface area (Å²) in [6.07, 6.45) is 5.44. The maximum absolute atomic E-state index is 11.6. The first kappa shape index (κ1) is 18.5. The highest BCUT2D eigenvalue weighted by Crippen LogP contribution is 2.34. The van der Waals surface area contributed by atoms with Crippen molar-refractivity contribution in [3.63, 3.8) is 0 Å². The first-order valence-electron chi connectivity index (χ1n) is 8.34. The van der Waals surface area contributed by atoms with E-state index in [4.69, 9.17) is 9.94 Å². The number of carbonyl (C=O) groups is 2. The molecule has 1 saturated heterocycles. The summed E-state index contributed by atoms with van der Waals surface area (Å²) in [6, 6.07) is 0. The van der Waals surface area contributed by atoms with Crippen LogP contribution in [0.1, 0.15) is 38.5 Å². The van der Waals surface area contributed by atoms with Gasteiger partial charge in [-0.3, -0.25) is 14.5 Å². The van der Waals surface area contributed by atoms with E-state index in [0.29, 0.717) is 11.7 Å². The third-order valence-electron chi connectivity index (χ3n) is 4.77. The summed E-state index contributed by atoms with van der Waals surface area (Å²) in [5.41, 5.74) is 0. The maximum Gasteiger partial charge on any atom is 0.263 e. The second kappa shape index (κ2) is 8.30. The molecule has 0 spiro atoms. The molecule has 2 amide bonds. The van der Waals surface area contributed by atoms with Crippen molar-refractivity contribution in [2.75, 3.05) is 13.6 Å². The summed E-state index contributed by atoms with van der Waals surface area (Å²) in [7, 11) is 1.81. The number of aliphatic hydroxyl groups is 2. The number of likely N-dealkylation sites (N-methyl/N-ethyl adjacent to an activating group) is 1. The molecule has 0 radical (unpaired) electrons.